The van der Waals surface area contributed by atoms with Crippen molar-refractivity contribution < 1.29 is 33.3 Å². The number of rotatable bonds is 10. The maximum absolute atomic E-state index is 12.0. The molecule has 0 saturated heterocycles. The number of carbonyl (C=O) groups excluding carboxylic acids is 3. The first-order valence-electron chi connectivity index (χ1n) is 7.61. The molecule has 132 valence electrons. The van der Waals surface area contributed by atoms with Crippen molar-refractivity contribution in [3.8, 4) is 0 Å². The van der Waals surface area contributed by atoms with Gasteiger partial charge in [-0.05, 0) is 40.2 Å². The second kappa shape index (κ2) is 10.8. The summed E-state index contributed by atoms with van der Waals surface area (Å²) in [5.41, 5.74) is -1.26. The fourth-order valence-corrected chi connectivity index (χ4v) is 1.74. The van der Waals surface area contributed by atoms with Crippen LogP contribution in [0, 0.1) is 0 Å². The molecule has 0 aliphatic rings. The molecule has 0 aromatic rings. The molecule has 1 unspecified atom stereocenters. The predicted octanol–water partition coefficient (Wildman–Crippen LogP) is 1.79. The van der Waals surface area contributed by atoms with Gasteiger partial charge in [0.2, 0.25) is 0 Å². The first-order chi connectivity index (χ1) is 10.8. The number of hydrogen-bond acceptors (Lipinski definition) is 7. The third-order valence-corrected chi connectivity index (χ3v) is 3.04. The van der Waals surface area contributed by atoms with Gasteiger partial charge in [0.25, 0.3) is 0 Å². The number of ether oxygens (including phenoxy) is 4. The molecule has 0 aliphatic heterocycles. The number of hydrogen-bond donors (Lipinski definition) is 0. The van der Waals surface area contributed by atoms with Crippen molar-refractivity contribution in [1.82, 2.24) is 0 Å². The highest BCUT2D eigenvalue weighted by atomic mass is 16.6. The van der Waals surface area contributed by atoms with Gasteiger partial charge in [0, 0.05) is 13.5 Å². The van der Waals surface area contributed by atoms with Crippen LogP contribution in [0.25, 0.3) is 0 Å². The van der Waals surface area contributed by atoms with Gasteiger partial charge in [-0.15, -0.1) is 0 Å². The monoisotopic (exact) mass is 330 g/mol. The van der Waals surface area contributed by atoms with Gasteiger partial charge < -0.3 is 18.9 Å². The van der Waals surface area contributed by atoms with Crippen LogP contribution in [-0.2, 0) is 33.3 Å². The van der Waals surface area contributed by atoms with Crippen molar-refractivity contribution in [2.75, 3.05) is 26.9 Å². The van der Waals surface area contributed by atoms with Crippen molar-refractivity contribution in [3.05, 3.63) is 11.6 Å². The van der Waals surface area contributed by atoms with Crippen LogP contribution in [0.2, 0.25) is 0 Å². The maximum atomic E-state index is 12.0. The molecule has 0 spiro atoms. The highest BCUT2D eigenvalue weighted by Crippen LogP contribution is 2.22. The predicted molar refractivity (Wildman–Crippen MR) is 82.6 cm³/mol. The Bertz CT molecular complexity index is 422. The van der Waals surface area contributed by atoms with Gasteiger partial charge in [0.05, 0.1) is 25.4 Å². The van der Waals surface area contributed by atoms with Crippen LogP contribution in [0.3, 0.4) is 0 Å². The van der Waals surface area contributed by atoms with Gasteiger partial charge >= 0.3 is 17.9 Å². The van der Waals surface area contributed by atoms with E-state index in [0.29, 0.717) is 0 Å². The minimum atomic E-state index is -1.01. The highest BCUT2D eigenvalue weighted by Gasteiger charge is 2.29. The number of carbonyl (C=O) groups is 3. The summed E-state index contributed by atoms with van der Waals surface area (Å²) in [7, 11) is 1.43. The Labute approximate surface area is 136 Å². The largest absolute Gasteiger partial charge is 0.466 e. The first kappa shape index (κ1) is 21.1. The van der Waals surface area contributed by atoms with E-state index < -0.39 is 17.5 Å². The fourth-order valence-electron chi connectivity index (χ4n) is 1.74. The molecule has 0 N–H and O–H groups in total. The average molecular weight is 330 g/mol. The van der Waals surface area contributed by atoms with Crippen LogP contribution in [0.1, 0.15) is 40.5 Å². The molecular weight excluding hydrogens is 304 g/mol. The van der Waals surface area contributed by atoms with E-state index in [1.165, 1.54) is 13.2 Å². The van der Waals surface area contributed by atoms with E-state index in [4.69, 9.17) is 18.9 Å². The lowest BCUT2D eigenvalue weighted by Gasteiger charge is -2.25. The summed E-state index contributed by atoms with van der Waals surface area (Å²) in [6.07, 6.45) is 1.67. The first-order valence-corrected chi connectivity index (χ1v) is 7.61. The Kier molecular flexibility index (Phi) is 9.89. The van der Waals surface area contributed by atoms with E-state index in [-0.39, 0.29) is 44.2 Å². The molecule has 0 bridgehead atoms. The summed E-state index contributed by atoms with van der Waals surface area (Å²) < 4.78 is 20.0. The van der Waals surface area contributed by atoms with Crippen LogP contribution in [0.15, 0.2) is 11.6 Å². The molecule has 0 rings (SSSR count). The summed E-state index contributed by atoms with van der Waals surface area (Å²) >= 11 is 0. The minimum absolute atomic E-state index is 0.0909. The zero-order chi connectivity index (χ0) is 17.9. The van der Waals surface area contributed by atoms with Crippen molar-refractivity contribution in [2.24, 2.45) is 0 Å². The average Bonchev–Trinajstić information content (AvgIpc) is 2.51. The highest BCUT2D eigenvalue weighted by molar-refractivity contribution is 6.14. The van der Waals surface area contributed by atoms with Crippen molar-refractivity contribution in [2.45, 2.75) is 46.1 Å². The molecule has 0 aromatic carbocycles. The van der Waals surface area contributed by atoms with E-state index in [1.807, 2.05) is 0 Å². The Morgan fingerprint density at radius 2 is 1.39 bits per heavy atom. The van der Waals surface area contributed by atoms with Crippen LogP contribution in [0.5, 0.6) is 0 Å². The second-order valence-corrected chi connectivity index (χ2v) is 4.82. The minimum Gasteiger partial charge on any atom is -0.466 e. The van der Waals surface area contributed by atoms with Crippen LogP contribution >= 0.6 is 0 Å². The van der Waals surface area contributed by atoms with Crippen molar-refractivity contribution >= 4 is 17.9 Å². The van der Waals surface area contributed by atoms with Crippen LogP contribution in [0.4, 0.5) is 0 Å². The summed E-state index contributed by atoms with van der Waals surface area (Å²) in [5, 5.41) is 0. The van der Waals surface area contributed by atoms with E-state index in [9.17, 15) is 14.4 Å². The van der Waals surface area contributed by atoms with Crippen molar-refractivity contribution in [1.29, 1.82) is 0 Å². The molecule has 0 saturated carbocycles. The van der Waals surface area contributed by atoms with E-state index in [1.54, 1.807) is 27.7 Å². The van der Waals surface area contributed by atoms with Gasteiger partial charge in [-0.25, -0.2) is 9.59 Å². The van der Waals surface area contributed by atoms with E-state index in [2.05, 4.69) is 0 Å². The third kappa shape index (κ3) is 7.78. The molecular formula is C16H26O7. The molecule has 1 atom stereocenters. The van der Waals surface area contributed by atoms with E-state index >= 15 is 0 Å². The van der Waals surface area contributed by atoms with Crippen LogP contribution < -0.4 is 0 Å². The lowest BCUT2D eigenvalue weighted by atomic mass is 9.96. The molecule has 23 heavy (non-hydrogen) atoms. The molecule has 7 nitrogen and oxygen atoms in total. The van der Waals surface area contributed by atoms with Gasteiger partial charge in [-0.3, -0.25) is 4.79 Å². The molecule has 0 radical (unpaired) electrons. The van der Waals surface area contributed by atoms with Gasteiger partial charge in [-0.1, -0.05) is 0 Å². The van der Waals surface area contributed by atoms with Crippen molar-refractivity contribution in [3.63, 3.8) is 0 Å². The Morgan fingerprint density at radius 1 is 0.913 bits per heavy atom. The molecule has 7 heteroatoms. The topological polar surface area (TPSA) is 88.1 Å². The number of esters is 3. The quantitative estimate of drug-likeness (QED) is 0.198. The molecule has 0 aromatic heterocycles. The normalized spacial score (nSPS) is 12.7. The molecule has 0 heterocycles. The van der Waals surface area contributed by atoms with Gasteiger partial charge in [-0.2, -0.15) is 0 Å². The summed E-state index contributed by atoms with van der Waals surface area (Å²) in [6.45, 7) is 7.19. The van der Waals surface area contributed by atoms with Gasteiger partial charge in [0.15, 0.2) is 0 Å². The SMILES string of the molecule is CCOC(=O)CCC(C)(C=C(C(=O)OCC)C(=O)OCC)OC. The number of methoxy groups -OCH3 is 1. The van der Waals surface area contributed by atoms with Crippen LogP contribution in [-0.4, -0.2) is 50.4 Å². The summed E-state index contributed by atoms with van der Waals surface area (Å²) in [4.78, 5) is 35.4. The lowest BCUT2D eigenvalue weighted by Crippen LogP contribution is -2.30. The fraction of sp³-hybridized carbons (Fsp3) is 0.688. The Balaban J connectivity index is 5.29. The molecule has 0 fully saturated rings. The second-order valence-electron chi connectivity index (χ2n) is 4.82. The maximum Gasteiger partial charge on any atom is 0.345 e. The molecule has 0 amide bonds. The Morgan fingerprint density at radius 3 is 1.78 bits per heavy atom. The zero-order valence-corrected chi connectivity index (χ0v) is 14.5. The molecule has 0 aliphatic carbocycles. The van der Waals surface area contributed by atoms with E-state index in [0.717, 1.165) is 0 Å². The third-order valence-electron chi connectivity index (χ3n) is 3.04. The standard InChI is InChI=1S/C16H26O7/c1-6-21-13(17)9-10-16(4,20-5)11-12(14(18)22-7-2)15(19)23-8-3/h11H,6-10H2,1-5H3. The Hall–Kier alpha value is -1.89. The summed E-state index contributed by atoms with van der Waals surface area (Å²) in [5.74, 6) is -1.95. The summed E-state index contributed by atoms with van der Waals surface area (Å²) in [6, 6.07) is 0. The smallest absolute Gasteiger partial charge is 0.345 e. The zero-order valence-electron chi connectivity index (χ0n) is 14.5. The lowest BCUT2D eigenvalue weighted by molar-refractivity contribution is -0.147. The van der Waals surface area contributed by atoms with Gasteiger partial charge in [0.1, 0.15) is 5.57 Å².